The van der Waals surface area contributed by atoms with Crippen molar-refractivity contribution in [1.82, 2.24) is 0 Å². The van der Waals surface area contributed by atoms with Crippen LogP contribution in [0.1, 0.15) is 31.8 Å². The molecule has 0 saturated carbocycles. The highest BCUT2D eigenvalue weighted by molar-refractivity contribution is 6.05. The second-order valence-electron chi connectivity index (χ2n) is 6.03. The van der Waals surface area contributed by atoms with E-state index in [1.165, 1.54) is 0 Å². The van der Waals surface area contributed by atoms with Gasteiger partial charge in [-0.1, -0.05) is 42.5 Å². The van der Waals surface area contributed by atoms with Gasteiger partial charge in [0.2, 0.25) is 0 Å². The summed E-state index contributed by atoms with van der Waals surface area (Å²) in [6.07, 6.45) is 0. The van der Waals surface area contributed by atoms with E-state index in [-0.39, 0.29) is 5.91 Å². The Hall–Kier alpha value is -3.40. The van der Waals surface area contributed by atoms with E-state index < -0.39 is 5.97 Å². The molecule has 0 saturated heterocycles. The number of anilines is 1. The molecule has 0 unspecified atom stereocenters. The van der Waals surface area contributed by atoms with Crippen molar-refractivity contribution in [1.29, 1.82) is 0 Å². The third kappa shape index (κ3) is 3.98. The number of benzene rings is 3. The van der Waals surface area contributed by atoms with Crippen molar-refractivity contribution in [2.24, 2.45) is 0 Å². The van der Waals surface area contributed by atoms with Crippen LogP contribution in [-0.4, -0.2) is 11.9 Å². The molecule has 3 aromatic rings. The Morgan fingerprint density at radius 3 is 2.00 bits per heavy atom. The zero-order valence-corrected chi connectivity index (χ0v) is 14.7. The Labute approximate surface area is 152 Å². The Morgan fingerprint density at radius 1 is 0.808 bits per heavy atom. The van der Waals surface area contributed by atoms with Crippen LogP contribution in [0.25, 0.3) is 0 Å². The minimum atomic E-state index is -0.465. The average Bonchev–Trinajstić information content (AvgIpc) is 2.65. The summed E-state index contributed by atoms with van der Waals surface area (Å²) < 4.78 is 5.60. The van der Waals surface area contributed by atoms with Crippen molar-refractivity contribution in [3.05, 3.63) is 95.1 Å². The lowest BCUT2D eigenvalue weighted by Crippen LogP contribution is -2.15. The summed E-state index contributed by atoms with van der Waals surface area (Å²) in [4.78, 5) is 24.9. The summed E-state index contributed by atoms with van der Waals surface area (Å²) in [5.41, 5.74) is 3.20. The predicted molar refractivity (Wildman–Crippen MR) is 102 cm³/mol. The Balaban J connectivity index is 1.90. The van der Waals surface area contributed by atoms with Crippen LogP contribution in [-0.2, 0) is 0 Å². The minimum Gasteiger partial charge on any atom is -0.420 e. The number of carbonyl (C=O) groups is 2. The van der Waals surface area contributed by atoms with Crippen LogP contribution < -0.4 is 10.1 Å². The van der Waals surface area contributed by atoms with Gasteiger partial charge in [-0.3, -0.25) is 4.79 Å². The van der Waals surface area contributed by atoms with Gasteiger partial charge in [0.15, 0.2) is 5.75 Å². The number of nitrogens with one attached hydrogen (secondary N) is 1. The lowest BCUT2D eigenvalue weighted by Gasteiger charge is -2.15. The van der Waals surface area contributed by atoms with Crippen molar-refractivity contribution in [2.75, 3.05) is 5.32 Å². The van der Waals surface area contributed by atoms with Crippen molar-refractivity contribution in [3.8, 4) is 5.75 Å². The number of esters is 1. The fourth-order valence-corrected chi connectivity index (χ4v) is 2.69. The molecule has 0 heterocycles. The molecule has 0 radical (unpaired) electrons. The van der Waals surface area contributed by atoms with Crippen molar-refractivity contribution < 1.29 is 14.3 Å². The number of hydrogen-bond acceptors (Lipinski definition) is 3. The normalized spacial score (nSPS) is 10.2. The van der Waals surface area contributed by atoms with E-state index in [1.807, 2.05) is 32.0 Å². The molecule has 1 N–H and O–H groups in total. The summed E-state index contributed by atoms with van der Waals surface area (Å²) in [7, 11) is 0. The van der Waals surface area contributed by atoms with Gasteiger partial charge in [-0.05, 0) is 55.3 Å². The largest absolute Gasteiger partial charge is 0.420 e. The second kappa shape index (κ2) is 7.66. The fourth-order valence-electron chi connectivity index (χ4n) is 2.69. The maximum atomic E-state index is 12.5. The van der Waals surface area contributed by atoms with Crippen LogP contribution in [0.5, 0.6) is 5.75 Å². The topological polar surface area (TPSA) is 55.4 Å². The van der Waals surface area contributed by atoms with Gasteiger partial charge in [-0.15, -0.1) is 0 Å². The van der Waals surface area contributed by atoms with Gasteiger partial charge in [0.1, 0.15) is 0 Å². The SMILES string of the molecule is Cc1cc(C)c(OC(=O)c2ccccc2)c(NC(=O)c2ccccc2)c1. The quantitative estimate of drug-likeness (QED) is 0.547. The van der Waals surface area contributed by atoms with Gasteiger partial charge in [0.05, 0.1) is 11.3 Å². The highest BCUT2D eigenvalue weighted by atomic mass is 16.5. The first kappa shape index (κ1) is 17.4. The fraction of sp³-hybridized carbons (Fsp3) is 0.0909. The Morgan fingerprint density at radius 2 is 1.38 bits per heavy atom. The number of carbonyl (C=O) groups excluding carboxylic acids is 2. The first-order chi connectivity index (χ1) is 12.5. The van der Waals surface area contributed by atoms with E-state index in [1.54, 1.807) is 54.6 Å². The molecule has 0 fully saturated rings. The molecule has 26 heavy (non-hydrogen) atoms. The number of amides is 1. The van der Waals surface area contributed by atoms with Gasteiger partial charge in [-0.25, -0.2) is 4.79 Å². The molecule has 4 heteroatoms. The summed E-state index contributed by atoms with van der Waals surface area (Å²) in [5, 5.41) is 2.85. The standard InChI is InChI=1S/C22H19NO3/c1-15-13-16(2)20(26-22(25)18-11-7-4-8-12-18)19(14-15)23-21(24)17-9-5-3-6-10-17/h3-14H,1-2H3,(H,23,24). The summed E-state index contributed by atoms with van der Waals surface area (Å²) in [5.74, 6) is -0.367. The van der Waals surface area contributed by atoms with Crippen LogP contribution in [0.15, 0.2) is 72.8 Å². The summed E-state index contributed by atoms with van der Waals surface area (Å²) in [6.45, 7) is 3.77. The van der Waals surface area contributed by atoms with Gasteiger partial charge in [0.25, 0.3) is 5.91 Å². The number of aryl methyl sites for hydroxylation is 2. The smallest absolute Gasteiger partial charge is 0.343 e. The van der Waals surface area contributed by atoms with Crippen molar-refractivity contribution >= 4 is 17.6 Å². The lowest BCUT2D eigenvalue weighted by atomic mass is 10.1. The molecule has 3 rings (SSSR count). The van der Waals surface area contributed by atoms with E-state index in [2.05, 4.69) is 5.32 Å². The van der Waals surface area contributed by atoms with Crippen LogP contribution in [0.2, 0.25) is 0 Å². The monoisotopic (exact) mass is 345 g/mol. The molecule has 0 aliphatic carbocycles. The van der Waals surface area contributed by atoms with Crippen molar-refractivity contribution in [3.63, 3.8) is 0 Å². The van der Waals surface area contributed by atoms with E-state index in [9.17, 15) is 9.59 Å². The van der Waals surface area contributed by atoms with Crippen LogP contribution in [0.4, 0.5) is 5.69 Å². The van der Waals surface area contributed by atoms with E-state index in [0.717, 1.165) is 11.1 Å². The molecule has 0 aliphatic heterocycles. The van der Waals surface area contributed by atoms with E-state index >= 15 is 0 Å². The number of hydrogen-bond donors (Lipinski definition) is 1. The predicted octanol–water partition coefficient (Wildman–Crippen LogP) is 4.77. The second-order valence-corrected chi connectivity index (χ2v) is 6.03. The summed E-state index contributed by atoms with van der Waals surface area (Å²) >= 11 is 0. The highest BCUT2D eigenvalue weighted by Gasteiger charge is 2.17. The molecule has 3 aromatic carbocycles. The van der Waals surface area contributed by atoms with Crippen LogP contribution in [0.3, 0.4) is 0 Å². The third-order valence-corrected chi connectivity index (χ3v) is 3.91. The Bertz CT molecular complexity index is 934. The molecule has 0 aliphatic rings. The van der Waals surface area contributed by atoms with E-state index in [4.69, 9.17) is 4.74 Å². The summed E-state index contributed by atoms with van der Waals surface area (Å²) in [6, 6.07) is 21.4. The first-order valence-electron chi connectivity index (χ1n) is 8.29. The molecular weight excluding hydrogens is 326 g/mol. The molecule has 0 atom stereocenters. The van der Waals surface area contributed by atoms with Gasteiger partial charge in [0, 0.05) is 5.56 Å². The highest BCUT2D eigenvalue weighted by Crippen LogP contribution is 2.31. The molecule has 130 valence electrons. The van der Waals surface area contributed by atoms with Gasteiger partial charge in [-0.2, -0.15) is 0 Å². The van der Waals surface area contributed by atoms with Crippen LogP contribution >= 0.6 is 0 Å². The Kier molecular flexibility index (Phi) is 5.13. The van der Waals surface area contributed by atoms with Gasteiger partial charge >= 0.3 is 5.97 Å². The number of rotatable bonds is 4. The number of ether oxygens (including phenoxy) is 1. The zero-order valence-electron chi connectivity index (χ0n) is 14.7. The molecule has 0 spiro atoms. The van der Waals surface area contributed by atoms with Crippen molar-refractivity contribution in [2.45, 2.75) is 13.8 Å². The van der Waals surface area contributed by atoms with Gasteiger partial charge < -0.3 is 10.1 Å². The lowest BCUT2D eigenvalue weighted by molar-refractivity contribution is 0.0733. The molecule has 1 amide bonds. The molecule has 4 nitrogen and oxygen atoms in total. The maximum absolute atomic E-state index is 12.5. The molecular formula is C22H19NO3. The first-order valence-corrected chi connectivity index (χ1v) is 8.29. The molecule has 0 bridgehead atoms. The third-order valence-electron chi connectivity index (χ3n) is 3.91. The van der Waals surface area contributed by atoms with Crippen LogP contribution in [0, 0.1) is 13.8 Å². The van der Waals surface area contributed by atoms with E-state index in [0.29, 0.717) is 22.6 Å². The average molecular weight is 345 g/mol. The maximum Gasteiger partial charge on any atom is 0.343 e. The molecule has 0 aromatic heterocycles. The zero-order chi connectivity index (χ0) is 18.5. The minimum absolute atomic E-state index is 0.257.